The van der Waals surface area contributed by atoms with Gasteiger partial charge in [-0.15, -0.1) is 0 Å². The summed E-state index contributed by atoms with van der Waals surface area (Å²) >= 11 is 0. The quantitative estimate of drug-likeness (QED) is 0.704. The van der Waals surface area contributed by atoms with E-state index in [-0.39, 0.29) is 0 Å². The lowest BCUT2D eigenvalue weighted by Crippen LogP contribution is -2.11. The van der Waals surface area contributed by atoms with Crippen molar-refractivity contribution in [1.82, 2.24) is 0 Å². The number of hydrogen-bond acceptors (Lipinski definition) is 1. The Morgan fingerprint density at radius 1 is 1.27 bits per heavy atom. The molecule has 1 heterocycles. The summed E-state index contributed by atoms with van der Waals surface area (Å²) in [6, 6.07) is 8.55. The largest absolute Gasteiger partial charge is 0.493 e. The molecule has 1 aromatic carbocycles. The van der Waals surface area contributed by atoms with E-state index < -0.39 is 0 Å². The normalized spacial score (nSPS) is 15.2. The molecule has 0 bridgehead atoms. The summed E-state index contributed by atoms with van der Waals surface area (Å²) in [6.07, 6.45) is 1.05. The van der Waals surface area contributed by atoms with E-state index in [2.05, 4.69) is 45.0 Å². The van der Waals surface area contributed by atoms with Gasteiger partial charge in [-0.3, -0.25) is 0 Å². The van der Waals surface area contributed by atoms with Crippen LogP contribution in [0.3, 0.4) is 0 Å². The maximum atomic E-state index is 5.85. The van der Waals surface area contributed by atoms with E-state index in [9.17, 15) is 0 Å². The second-order valence-corrected chi connectivity index (χ2v) is 4.30. The van der Waals surface area contributed by atoms with Gasteiger partial charge in [-0.05, 0) is 23.1 Å². The molecule has 1 heteroatoms. The molecule has 0 aromatic heterocycles. The first-order valence-electron chi connectivity index (χ1n) is 5.68. The first kappa shape index (κ1) is 10.3. The van der Waals surface area contributed by atoms with Crippen LogP contribution in [0.4, 0.5) is 0 Å². The van der Waals surface area contributed by atoms with Crippen molar-refractivity contribution >= 4 is 5.57 Å². The average molecular weight is 202 g/mol. The molecule has 0 N–H and O–H groups in total. The average Bonchev–Trinajstić information content (AvgIpc) is 2.27. The Labute approximate surface area is 91.8 Å². The summed E-state index contributed by atoms with van der Waals surface area (Å²) in [5.41, 5.74) is 4.08. The molecule has 80 valence electrons. The van der Waals surface area contributed by atoms with Crippen LogP contribution < -0.4 is 0 Å². The fourth-order valence-electron chi connectivity index (χ4n) is 2.20. The van der Waals surface area contributed by atoms with Crippen LogP contribution in [0.15, 0.2) is 30.0 Å². The highest BCUT2D eigenvalue weighted by molar-refractivity contribution is 5.71. The van der Waals surface area contributed by atoms with E-state index in [1.165, 1.54) is 22.5 Å². The van der Waals surface area contributed by atoms with Gasteiger partial charge >= 0.3 is 0 Å². The van der Waals surface area contributed by atoms with Crippen LogP contribution in [0.2, 0.25) is 0 Å². The van der Waals surface area contributed by atoms with Gasteiger partial charge in [0.05, 0.1) is 0 Å². The van der Waals surface area contributed by atoms with E-state index in [1.54, 1.807) is 0 Å². The molecule has 0 atom stereocenters. The Kier molecular flexibility index (Phi) is 2.81. The van der Waals surface area contributed by atoms with Gasteiger partial charge in [0, 0.05) is 5.92 Å². The van der Waals surface area contributed by atoms with E-state index in [0.29, 0.717) is 5.92 Å². The molecular weight excluding hydrogens is 184 g/mol. The molecular formula is C14H18O. The standard InChI is InChI=1S/C14H18O/c1-4-12-13-8-6-5-7-11(13)9-15-14(12)10(2)3/h5-8,10H,4,9H2,1-3H3. The minimum Gasteiger partial charge on any atom is -0.493 e. The predicted molar refractivity (Wildman–Crippen MR) is 63.3 cm³/mol. The van der Waals surface area contributed by atoms with Crippen molar-refractivity contribution in [3.8, 4) is 0 Å². The van der Waals surface area contributed by atoms with E-state index >= 15 is 0 Å². The SMILES string of the molecule is CCC1=C(C(C)C)OCc2ccccc21. The van der Waals surface area contributed by atoms with Crippen molar-refractivity contribution in [3.63, 3.8) is 0 Å². The molecule has 0 saturated heterocycles. The van der Waals surface area contributed by atoms with Gasteiger partial charge in [-0.1, -0.05) is 45.0 Å². The first-order chi connectivity index (χ1) is 7.24. The lowest BCUT2D eigenvalue weighted by atomic mass is 9.92. The second-order valence-electron chi connectivity index (χ2n) is 4.30. The van der Waals surface area contributed by atoms with Crippen LogP contribution in [-0.2, 0) is 11.3 Å². The molecule has 0 fully saturated rings. The van der Waals surface area contributed by atoms with Gasteiger partial charge in [-0.25, -0.2) is 0 Å². The Balaban J connectivity index is 2.53. The molecule has 0 radical (unpaired) electrons. The summed E-state index contributed by atoms with van der Waals surface area (Å²) in [5, 5.41) is 0. The molecule has 0 amide bonds. The number of hydrogen-bond donors (Lipinski definition) is 0. The van der Waals surface area contributed by atoms with Gasteiger partial charge < -0.3 is 4.74 Å². The van der Waals surface area contributed by atoms with Crippen LogP contribution in [0, 0.1) is 5.92 Å². The topological polar surface area (TPSA) is 9.23 Å². The summed E-state index contributed by atoms with van der Waals surface area (Å²) in [5.74, 6) is 1.66. The molecule has 1 nitrogen and oxygen atoms in total. The van der Waals surface area contributed by atoms with Gasteiger partial charge in [0.25, 0.3) is 0 Å². The van der Waals surface area contributed by atoms with E-state index in [0.717, 1.165) is 13.0 Å². The number of ether oxygens (including phenoxy) is 1. The van der Waals surface area contributed by atoms with Crippen LogP contribution in [0.1, 0.15) is 38.3 Å². The molecule has 0 unspecified atom stereocenters. The monoisotopic (exact) mass is 202 g/mol. The summed E-state index contributed by atoms with van der Waals surface area (Å²) in [7, 11) is 0. The molecule has 0 spiro atoms. The molecule has 0 aliphatic carbocycles. The third kappa shape index (κ3) is 1.79. The number of rotatable bonds is 2. The van der Waals surface area contributed by atoms with Crippen LogP contribution >= 0.6 is 0 Å². The van der Waals surface area contributed by atoms with Crippen molar-refractivity contribution in [1.29, 1.82) is 0 Å². The van der Waals surface area contributed by atoms with Crippen molar-refractivity contribution in [2.75, 3.05) is 0 Å². The molecule has 2 rings (SSSR count). The molecule has 1 aromatic rings. The molecule has 1 aliphatic heterocycles. The van der Waals surface area contributed by atoms with Crippen molar-refractivity contribution < 1.29 is 4.74 Å². The van der Waals surface area contributed by atoms with Gasteiger partial charge in [0.15, 0.2) is 0 Å². The Morgan fingerprint density at radius 2 is 2.00 bits per heavy atom. The predicted octanol–water partition coefficient (Wildman–Crippen LogP) is 3.99. The van der Waals surface area contributed by atoms with Crippen LogP contribution in [0.5, 0.6) is 0 Å². The molecule has 15 heavy (non-hydrogen) atoms. The third-order valence-corrected chi connectivity index (χ3v) is 2.90. The highest BCUT2D eigenvalue weighted by atomic mass is 16.5. The van der Waals surface area contributed by atoms with Crippen LogP contribution in [-0.4, -0.2) is 0 Å². The minimum absolute atomic E-state index is 0.480. The number of fused-ring (bicyclic) bond motifs is 1. The fourth-order valence-corrected chi connectivity index (χ4v) is 2.20. The summed E-state index contributed by atoms with van der Waals surface area (Å²) in [6.45, 7) is 7.31. The lowest BCUT2D eigenvalue weighted by Gasteiger charge is -2.25. The maximum Gasteiger partial charge on any atom is 0.113 e. The minimum atomic E-state index is 0.480. The maximum absolute atomic E-state index is 5.85. The number of allylic oxidation sites excluding steroid dienone is 2. The Morgan fingerprint density at radius 3 is 2.67 bits per heavy atom. The fraction of sp³-hybridized carbons (Fsp3) is 0.429. The summed E-state index contributed by atoms with van der Waals surface area (Å²) < 4.78 is 5.85. The third-order valence-electron chi connectivity index (χ3n) is 2.90. The second kappa shape index (κ2) is 4.09. The first-order valence-corrected chi connectivity index (χ1v) is 5.68. The smallest absolute Gasteiger partial charge is 0.113 e. The van der Waals surface area contributed by atoms with Crippen molar-refractivity contribution in [2.45, 2.75) is 33.8 Å². The zero-order chi connectivity index (χ0) is 10.8. The molecule has 0 saturated carbocycles. The van der Waals surface area contributed by atoms with Gasteiger partial charge in [-0.2, -0.15) is 0 Å². The van der Waals surface area contributed by atoms with Gasteiger partial charge in [0.1, 0.15) is 12.4 Å². The zero-order valence-corrected chi connectivity index (χ0v) is 9.71. The molecule has 1 aliphatic rings. The van der Waals surface area contributed by atoms with E-state index in [4.69, 9.17) is 4.74 Å². The Hall–Kier alpha value is -1.24. The lowest BCUT2D eigenvalue weighted by molar-refractivity contribution is 0.168. The van der Waals surface area contributed by atoms with E-state index in [1.807, 2.05) is 0 Å². The zero-order valence-electron chi connectivity index (χ0n) is 9.71. The highest BCUT2D eigenvalue weighted by Gasteiger charge is 2.20. The Bertz CT molecular complexity index is 388. The highest BCUT2D eigenvalue weighted by Crippen LogP contribution is 2.34. The van der Waals surface area contributed by atoms with Crippen molar-refractivity contribution in [2.24, 2.45) is 5.92 Å². The van der Waals surface area contributed by atoms with Crippen molar-refractivity contribution in [3.05, 3.63) is 41.2 Å². The summed E-state index contributed by atoms with van der Waals surface area (Å²) in [4.78, 5) is 0. The van der Waals surface area contributed by atoms with Gasteiger partial charge in [0.2, 0.25) is 0 Å². The van der Waals surface area contributed by atoms with Crippen LogP contribution in [0.25, 0.3) is 5.57 Å². The number of benzene rings is 1.